The number of fused-ring (bicyclic) bond motifs is 1. The average molecular weight is 398 g/mol. The Balaban J connectivity index is 1.62. The highest BCUT2D eigenvalue weighted by Crippen LogP contribution is 2.33. The van der Waals surface area contributed by atoms with Crippen LogP contribution < -0.4 is 10.1 Å². The van der Waals surface area contributed by atoms with Crippen molar-refractivity contribution in [3.05, 3.63) is 52.3 Å². The van der Waals surface area contributed by atoms with Crippen LogP contribution in [0.15, 0.2) is 41.1 Å². The number of methoxy groups -OCH3 is 1. The van der Waals surface area contributed by atoms with Crippen LogP contribution in [-0.4, -0.2) is 22.6 Å². The van der Waals surface area contributed by atoms with Gasteiger partial charge in [-0.25, -0.2) is 4.98 Å². The summed E-state index contributed by atoms with van der Waals surface area (Å²) < 4.78 is 8.59. The molecule has 4 rings (SSSR count). The number of ether oxygens (including phenoxy) is 1. The predicted molar refractivity (Wildman–Crippen MR) is 112 cm³/mol. The van der Waals surface area contributed by atoms with Crippen molar-refractivity contribution in [3.63, 3.8) is 0 Å². The zero-order valence-electron chi connectivity index (χ0n) is 15.3. The normalized spacial score (nSPS) is 11.1. The third-order valence-electron chi connectivity index (χ3n) is 4.43. The van der Waals surface area contributed by atoms with Gasteiger partial charge in [0, 0.05) is 17.5 Å². The Morgan fingerprint density at radius 2 is 2.11 bits per heavy atom. The lowest BCUT2D eigenvalue weighted by molar-refractivity contribution is 0.101. The maximum absolute atomic E-state index is 12.8. The number of aryl methyl sites for hydroxylation is 2. The Morgan fingerprint density at radius 1 is 1.26 bits per heavy atom. The fourth-order valence-electron chi connectivity index (χ4n) is 3.14. The first-order valence-corrected chi connectivity index (χ1v) is 10.3. The van der Waals surface area contributed by atoms with Gasteiger partial charge in [0.15, 0.2) is 5.13 Å². The van der Waals surface area contributed by atoms with Crippen LogP contribution in [0.2, 0.25) is 0 Å². The first kappa shape index (κ1) is 17.8. The van der Waals surface area contributed by atoms with Gasteiger partial charge in [0.1, 0.15) is 11.4 Å². The second-order valence-corrected chi connectivity index (χ2v) is 7.95. The van der Waals surface area contributed by atoms with Crippen LogP contribution in [0.4, 0.5) is 5.13 Å². The fraction of sp³-hybridized carbons (Fsp3) is 0.200. The molecule has 1 N–H and O–H groups in total. The molecule has 0 bridgehead atoms. The van der Waals surface area contributed by atoms with E-state index in [2.05, 4.69) is 10.3 Å². The van der Waals surface area contributed by atoms with Gasteiger partial charge < -0.3 is 9.30 Å². The molecule has 0 spiro atoms. The minimum Gasteiger partial charge on any atom is -0.496 e. The molecule has 0 radical (unpaired) electrons. The molecule has 5 nitrogen and oxygen atoms in total. The molecule has 0 aliphatic heterocycles. The molecule has 0 saturated heterocycles. The largest absolute Gasteiger partial charge is 0.496 e. The lowest BCUT2D eigenvalue weighted by atomic mass is 10.1. The second-order valence-electron chi connectivity index (χ2n) is 6.14. The van der Waals surface area contributed by atoms with Crippen molar-refractivity contribution in [1.29, 1.82) is 0 Å². The zero-order valence-corrected chi connectivity index (χ0v) is 16.9. The molecule has 0 fully saturated rings. The number of amides is 1. The molecule has 7 heteroatoms. The van der Waals surface area contributed by atoms with E-state index in [0.717, 1.165) is 39.3 Å². The highest BCUT2D eigenvalue weighted by Gasteiger charge is 2.17. The Labute approximate surface area is 165 Å². The van der Waals surface area contributed by atoms with E-state index in [1.54, 1.807) is 18.4 Å². The maximum Gasteiger partial charge on any atom is 0.274 e. The lowest BCUT2D eigenvalue weighted by Gasteiger charge is -2.08. The molecule has 3 heterocycles. The molecular weight excluding hydrogens is 378 g/mol. The van der Waals surface area contributed by atoms with Gasteiger partial charge in [0.05, 0.1) is 23.0 Å². The van der Waals surface area contributed by atoms with Crippen molar-refractivity contribution in [2.24, 2.45) is 0 Å². The number of nitrogens with zero attached hydrogens (tertiary/aromatic N) is 2. The van der Waals surface area contributed by atoms with Gasteiger partial charge in [-0.05, 0) is 43.5 Å². The van der Waals surface area contributed by atoms with Crippen LogP contribution >= 0.6 is 22.7 Å². The van der Waals surface area contributed by atoms with Gasteiger partial charge in [-0.15, -0.1) is 22.7 Å². The van der Waals surface area contributed by atoms with Crippen molar-refractivity contribution in [1.82, 2.24) is 9.55 Å². The number of thiophene rings is 1. The van der Waals surface area contributed by atoms with E-state index in [-0.39, 0.29) is 5.91 Å². The summed E-state index contributed by atoms with van der Waals surface area (Å²) in [6, 6.07) is 9.96. The summed E-state index contributed by atoms with van der Waals surface area (Å²) in [7, 11) is 1.65. The molecule has 27 heavy (non-hydrogen) atoms. The van der Waals surface area contributed by atoms with Crippen LogP contribution in [0.1, 0.15) is 23.0 Å². The van der Waals surface area contributed by atoms with Crippen LogP contribution in [0.3, 0.4) is 0 Å². The zero-order chi connectivity index (χ0) is 19.0. The van der Waals surface area contributed by atoms with Gasteiger partial charge >= 0.3 is 0 Å². The molecule has 0 aliphatic carbocycles. The fourth-order valence-corrected chi connectivity index (χ4v) is 4.67. The molecule has 0 atom stereocenters. The van der Waals surface area contributed by atoms with Crippen molar-refractivity contribution in [3.8, 4) is 17.0 Å². The summed E-state index contributed by atoms with van der Waals surface area (Å²) in [5.41, 5.74) is 4.60. The van der Waals surface area contributed by atoms with E-state index in [1.165, 1.54) is 11.3 Å². The molecular formula is C20H19N3O2S2. The monoisotopic (exact) mass is 397 g/mol. The number of nitrogens with one attached hydrogen (secondary N) is 1. The first-order chi connectivity index (χ1) is 13.1. The van der Waals surface area contributed by atoms with Crippen LogP contribution in [0.5, 0.6) is 5.75 Å². The average Bonchev–Trinajstić information content (AvgIpc) is 3.37. The number of anilines is 1. The van der Waals surface area contributed by atoms with E-state index in [4.69, 9.17) is 4.74 Å². The van der Waals surface area contributed by atoms with Gasteiger partial charge in [0.25, 0.3) is 5.91 Å². The second kappa shape index (κ2) is 7.17. The van der Waals surface area contributed by atoms with E-state index >= 15 is 0 Å². The van der Waals surface area contributed by atoms with Crippen LogP contribution in [-0.2, 0) is 6.54 Å². The number of thiazole rings is 1. The molecule has 0 saturated carbocycles. The van der Waals surface area contributed by atoms with Crippen molar-refractivity contribution in [2.45, 2.75) is 20.4 Å². The van der Waals surface area contributed by atoms with Gasteiger partial charge in [0.2, 0.25) is 0 Å². The Morgan fingerprint density at radius 3 is 2.89 bits per heavy atom. The molecule has 0 unspecified atom stereocenters. The third kappa shape index (κ3) is 3.24. The Hall–Kier alpha value is -2.64. The predicted octanol–water partition coefficient (Wildman–Crippen LogP) is 5.42. The highest BCUT2D eigenvalue weighted by atomic mass is 32.1. The number of carbonyl (C=O) groups excluding carboxylic acids is 1. The summed E-state index contributed by atoms with van der Waals surface area (Å²) in [6.07, 6.45) is 0. The Bertz CT molecular complexity index is 1120. The highest BCUT2D eigenvalue weighted by molar-refractivity contribution is 7.17. The first-order valence-electron chi connectivity index (χ1n) is 8.59. The van der Waals surface area contributed by atoms with Crippen molar-refractivity contribution in [2.75, 3.05) is 12.4 Å². The third-order valence-corrected chi connectivity index (χ3v) is 6.04. The molecule has 3 aromatic heterocycles. The summed E-state index contributed by atoms with van der Waals surface area (Å²) in [6.45, 7) is 4.81. The summed E-state index contributed by atoms with van der Waals surface area (Å²) >= 11 is 3.05. The number of hydrogen-bond acceptors (Lipinski definition) is 5. The van der Waals surface area contributed by atoms with Gasteiger partial charge in [-0.1, -0.05) is 11.6 Å². The lowest BCUT2D eigenvalue weighted by Crippen LogP contribution is -2.16. The maximum atomic E-state index is 12.8. The van der Waals surface area contributed by atoms with E-state index < -0.39 is 0 Å². The van der Waals surface area contributed by atoms with Crippen molar-refractivity contribution < 1.29 is 9.53 Å². The van der Waals surface area contributed by atoms with E-state index in [0.29, 0.717) is 10.8 Å². The minimum absolute atomic E-state index is 0.141. The smallest absolute Gasteiger partial charge is 0.274 e. The Kier molecular flexibility index (Phi) is 4.72. The quantitative estimate of drug-likeness (QED) is 0.489. The molecule has 1 aromatic carbocycles. The van der Waals surface area contributed by atoms with E-state index in [9.17, 15) is 4.79 Å². The summed E-state index contributed by atoms with van der Waals surface area (Å²) in [5, 5.41) is 7.49. The topological polar surface area (TPSA) is 56.2 Å². The number of carbonyl (C=O) groups is 1. The van der Waals surface area contributed by atoms with Gasteiger partial charge in [-0.3, -0.25) is 10.1 Å². The van der Waals surface area contributed by atoms with Crippen molar-refractivity contribution >= 4 is 43.9 Å². The van der Waals surface area contributed by atoms with Crippen LogP contribution in [0.25, 0.3) is 21.5 Å². The molecule has 4 aromatic rings. The number of rotatable bonds is 5. The van der Waals surface area contributed by atoms with Gasteiger partial charge in [-0.2, -0.15) is 0 Å². The molecule has 1 amide bonds. The molecule has 0 aliphatic rings. The molecule has 138 valence electrons. The van der Waals surface area contributed by atoms with Crippen LogP contribution in [0, 0.1) is 6.92 Å². The number of benzene rings is 1. The minimum atomic E-state index is -0.141. The SMILES string of the molecule is CCn1c(C(=O)Nc2nc(-c3cc(C)ccc3OC)cs2)cc2sccc21. The number of aromatic nitrogens is 2. The summed E-state index contributed by atoms with van der Waals surface area (Å²) in [5.74, 6) is 0.626. The summed E-state index contributed by atoms with van der Waals surface area (Å²) in [4.78, 5) is 17.4. The number of hydrogen-bond donors (Lipinski definition) is 1. The van der Waals surface area contributed by atoms with E-state index in [1.807, 2.05) is 59.5 Å². The standard InChI is InChI=1S/C20H19N3O2S2/c1-4-23-15-7-8-26-18(15)10-16(23)19(24)22-20-21-14(11-27-20)13-9-12(2)5-6-17(13)25-3/h5-11H,4H2,1-3H3,(H,21,22,24).